The number of amides is 2. The number of rotatable bonds is 9. The van der Waals surface area contributed by atoms with Gasteiger partial charge < -0.3 is 10.2 Å². The van der Waals surface area contributed by atoms with Gasteiger partial charge in [-0.25, -0.2) is 8.42 Å². The summed E-state index contributed by atoms with van der Waals surface area (Å²) in [6.07, 6.45) is 0.145. The van der Waals surface area contributed by atoms with Gasteiger partial charge in [0, 0.05) is 37.4 Å². The van der Waals surface area contributed by atoms with E-state index in [-0.39, 0.29) is 35.0 Å². The lowest BCUT2D eigenvalue weighted by molar-refractivity contribution is -0.122. The van der Waals surface area contributed by atoms with Gasteiger partial charge >= 0.3 is 0 Å². The largest absolute Gasteiger partial charge is 0.326 e. The molecule has 0 radical (unpaired) electrons. The second-order valence-corrected chi connectivity index (χ2v) is 11.3. The summed E-state index contributed by atoms with van der Waals surface area (Å²) in [6, 6.07) is 15.5. The summed E-state index contributed by atoms with van der Waals surface area (Å²) < 4.78 is 27.8. The highest BCUT2D eigenvalue weighted by atomic mass is 32.2. The number of nitrogens with zero attached hydrogens (tertiary/aromatic N) is 2. The molecule has 2 aromatic carbocycles. The van der Waals surface area contributed by atoms with Crippen LogP contribution in [0, 0.1) is 17.8 Å². The summed E-state index contributed by atoms with van der Waals surface area (Å²) in [5.74, 6) is -0.381. The zero-order valence-corrected chi connectivity index (χ0v) is 20.5. The number of para-hydroxylation sites is 1. The average molecular weight is 472 g/mol. The van der Waals surface area contributed by atoms with Crippen molar-refractivity contribution in [2.24, 2.45) is 17.8 Å². The Bertz CT molecular complexity index is 1060. The molecular formula is C25H33N3O4S. The third-order valence-corrected chi connectivity index (χ3v) is 7.31. The van der Waals surface area contributed by atoms with E-state index in [1.807, 2.05) is 58.0 Å². The molecule has 2 amide bonds. The van der Waals surface area contributed by atoms with Crippen molar-refractivity contribution in [2.75, 3.05) is 29.9 Å². The fraction of sp³-hybridized carbons (Fsp3) is 0.440. The van der Waals surface area contributed by atoms with E-state index in [1.165, 1.54) is 16.4 Å². The molecule has 0 aromatic heterocycles. The van der Waals surface area contributed by atoms with Gasteiger partial charge in [0.15, 0.2) is 0 Å². The SMILES string of the molecule is CC(C)CN(CC(C)C)S(=O)(=O)c1ccc(NC(=O)C2CC(=O)N(c3ccccc3)C2)cc1. The first-order valence-corrected chi connectivity index (χ1v) is 12.8. The number of anilines is 2. The van der Waals surface area contributed by atoms with Crippen molar-refractivity contribution >= 4 is 33.2 Å². The maximum Gasteiger partial charge on any atom is 0.243 e. The molecular weight excluding hydrogens is 438 g/mol. The number of benzene rings is 2. The van der Waals surface area contributed by atoms with Crippen LogP contribution >= 0.6 is 0 Å². The minimum atomic E-state index is -3.63. The first-order chi connectivity index (χ1) is 15.6. The number of hydrogen-bond acceptors (Lipinski definition) is 4. The molecule has 1 saturated heterocycles. The van der Waals surface area contributed by atoms with Gasteiger partial charge in [0.05, 0.1) is 10.8 Å². The van der Waals surface area contributed by atoms with Crippen molar-refractivity contribution < 1.29 is 18.0 Å². The van der Waals surface area contributed by atoms with Gasteiger partial charge in [0.25, 0.3) is 0 Å². The van der Waals surface area contributed by atoms with Crippen LogP contribution in [0.4, 0.5) is 11.4 Å². The molecule has 1 aliphatic heterocycles. The number of carbonyl (C=O) groups excluding carboxylic acids is 2. The third kappa shape index (κ3) is 6.21. The summed E-state index contributed by atoms with van der Waals surface area (Å²) >= 11 is 0. The number of sulfonamides is 1. The van der Waals surface area contributed by atoms with Crippen molar-refractivity contribution in [1.82, 2.24) is 4.31 Å². The molecule has 0 aliphatic carbocycles. The summed E-state index contributed by atoms with van der Waals surface area (Å²) in [5, 5.41) is 2.82. The van der Waals surface area contributed by atoms with Crippen LogP contribution in [-0.2, 0) is 19.6 Å². The summed E-state index contributed by atoms with van der Waals surface area (Å²) in [6.45, 7) is 9.20. The van der Waals surface area contributed by atoms with Crippen LogP contribution in [0.1, 0.15) is 34.1 Å². The second-order valence-electron chi connectivity index (χ2n) is 9.36. The number of carbonyl (C=O) groups is 2. The Morgan fingerprint density at radius 2 is 1.58 bits per heavy atom. The number of hydrogen-bond donors (Lipinski definition) is 1. The van der Waals surface area contributed by atoms with Crippen LogP contribution in [0.3, 0.4) is 0 Å². The zero-order chi connectivity index (χ0) is 24.2. The normalized spacial score (nSPS) is 16.8. The molecule has 7 nitrogen and oxygen atoms in total. The van der Waals surface area contributed by atoms with Gasteiger partial charge in [-0.05, 0) is 48.2 Å². The first kappa shape index (κ1) is 24.9. The van der Waals surface area contributed by atoms with Crippen molar-refractivity contribution in [2.45, 2.75) is 39.0 Å². The first-order valence-electron chi connectivity index (χ1n) is 11.3. The topological polar surface area (TPSA) is 86.8 Å². The molecule has 33 heavy (non-hydrogen) atoms. The molecule has 1 heterocycles. The van der Waals surface area contributed by atoms with Crippen LogP contribution < -0.4 is 10.2 Å². The quantitative estimate of drug-likeness (QED) is 0.599. The summed E-state index contributed by atoms with van der Waals surface area (Å²) in [4.78, 5) is 27.0. The average Bonchev–Trinajstić information content (AvgIpc) is 3.15. The van der Waals surface area contributed by atoms with Gasteiger partial charge in [-0.2, -0.15) is 4.31 Å². The van der Waals surface area contributed by atoms with E-state index in [0.717, 1.165) is 5.69 Å². The Balaban J connectivity index is 1.67. The molecule has 8 heteroatoms. The van der Waals surface area contributed by atoms with E-state index in [0.29, 0.717) is 25.3 Å². The predicted octanol–water partition coefficient (Wildman–Crippen LogP) is 3.98. The fourth-order valence-corrected chi connectivity index (χ4v) is 5.70. The smallest absolute Gasteiger partial charge is 0.243 e. The molecule has 2 aromatic rings. The Hall–Kier alpha value is -2.71. The monoisotopic (exact) mass is 471 g/mol. The highest BCUT2D eigenvalue weighted by molar-refractivity contribution is 7.89. The molecule has 1 fully saturated rings. The highest BCUT2D eigenvalue weighted by Crippen LogP contribution is 2.26. The lowest BCUT2D eigenvalue weighted by atomic mass is 10.1. The van der Waals surface area contributed by atoms with Crippen LogP contribution in [0.2, 0.25) is 0 Å². The molecule has 0 saturated carbocycles. The standard InChI is InChI=1S/C25H33N3O4S/c1-18(2)15-27(16-19(3)4)33(31,32)23-12-10-21(11-13-23)26-25(30)20-14-24(29)28(17-20)22-8-6-5-7-9-22/h5-13,18-20H,14-17H2,1-4H3,(H,26,30). The molecule has 1 unspecified atom stereocenters. The summed E-state index contributed by atoms with van der Waals surface area (Å²) in [7, 11) is -3.63. The molecule has 178 valence electrons. The second kappa shape index (κ2) is 10.5. The van der Waals surface area contributed by atoms with Gasteiger partial charge in [-0.15, -0.1) is 0 Å². The lowest BCUT2D eigenvalue weighted by Crippen LogP contribution is -2.37. The minimum absolute atomic E-state index is 0.0850. The highest BCUT2D eigenvalue weighted by Gasteiger charge is 2.35. The van der Waals surface area contributed by atoms with E-state index in [4.69, 9.17) is 0 Å². The van der Waals surface area contributed by atoms with Crippen LogP contribution in [-0.4, -0.2) is 44.2 Å². The Labute approximate surface area is 196 Å². The van der Waals surface area contributed by atoms with Crippen molar-refractivity contribution in [3.63, 3.8) is 0 Å². The molecule has 3 rings (SSSR count). The maximum absolute atomic E-state index is 13.1. The van der Waals surface area contributed by atoms with E-state index in [9.17, 15) is 18.0 Å². The van der Waals surface area contributed by atoms with E-state index >= 15 is 0 Å². The predicted molar refractivity (Wildman–Crippen MR) is 130 cm³/mol. The Morgan fingerprint density at radius 3 is 2.12 bits per heavy atom. The molecule has 1 aliphatic rings. The van der Waals surface area contributed by atoms with Crippen LogP contribution in [0.25, 0.3) is 0 Å². The van der Waals surface area contributed by atoms with E-state index < -0.39 is 15.9 Å². The lowest BCUT2D eigenvalue weighted by Gasteiger charge is -2.25. The molecule has 0 spiro atoms. The van der Waals surface area contributed by atoms with Crippen molar-refractivity contribution in [3.05, 3.63) is 54.6 Å². The molecule has 0 bridgehead atoms. The van der Waals surface area contributed by atoms with Gasteiger partial charge in [0.1, 0.15) is 0 Å². The zero-order valence-electron chi connectivity index (χ0n) is 19.7. The van der Waals surface area contributed by atoms with Crippen molar-refractivity contribution in [3.8, 4) is 0 Å². The van der Waals surface area contributed by atoms with E-state index in [2.05, 4.69) is 5.32 Å². The molecule has 1 atom stereocenters. The van der Waals surface area contributed by atoms with Crippen LogP contribution in [0.15, 0.2) is 59.5 Å². The maximum atomic E-state index is 13.1. The molecule has 1 N–H and O–H groups in total. The van der Waals surface area contributed by atoms with Crippen LogP contribution in [0.5, 0.6) is 0 Å². The summed E-state index contributed by atoms with van der Waals surface area (Å²) in [5.41, 5.74) is 1.28. The third-order valence-electron chi connectivity index (χ3n) is 5.46. The van der Waals surface area contributed by atoms with Gasteiger partial charge in [-0.3, -0.25) is 9.59 Å². The fourth-order valence-electron chi connectivity index (χ4n) is 3.93. The Morgan fingerprint density at radius 1 is 1.00 bits per heavy atom. The van der Waals surface area contributed by atoms with Gasteiger partial charge in [-0.1, -0.05) is 45.9 Å². The van der Waals surface area contributed by atoms with Crippen molar-refractivity contribution in [1.29, 1.82) is 0 Å². The minimum Gasteiger partial charge on any atom is -0.326 e. The van der Waals surface area contributed by atoms with E-state index in [1.54, 1.807) is 17.0 Å². The van der Waals surface area contributed by atoms with Gasteiger partial charge in [0.2, 0.25) is 21.8 Å². The number of nitrogens with one attached hydrogen (secondary N) is 1. The Kier molecular flexibility index (Phi) is 7.92.